The van der Waals surface area contributed by atoms with Gasteiger partial charge in [0.25, 0.3) is 0 Å². The van der Waals surface area contributed by atoms with Gasteiger partial charge in [-0.25, -0.2) is 0 Å². The quantitative estimate of drug-likeness (QED) is 0.471. The van der Waals surface area contributed by atoms with Gasteiger partial charge in [-0.05, 0) is 25.0 Å². The van der Waals surface area contributed by atoms with Crippen molar-refractivity contribution >= 4 is 28.2 Å². The number of ether oxygens (including phenoxy) is 2. The molecule has 28 heavy (non-hydrogen) atoms. The van der Waals surface area contributed by atoms with Crippen LogP contribution in [0.25, 0.3) is 28.2 Å². The number of benzene rings is 1. The van der Waals surface area contributed by atoms with Crippen molar-refractivity contribution in [3.8, 4) is 23.1 Å². The second-order valence-electron chi connectivity index (χ2n) is 7.64. The Morgan fingerprint density at radius 2 is 1.79 bits per heavy atom. The summed E-state index contributed by atoms with van der Waals surface area (Å²) in [6.07, 6.45) is 4.59. The normalized spacial score (nSPS) is 18.2. The molecule has 0 unspecified atom stereocenters. The monoisotopic (exact) mass is 396 g/mol. The highest BCUT2D eigenvalue weighted by Gasteiger charge is 2.39. The van der Waals surface area contributed by atoms with Crippen LogP contribution in [-0.4, -0.2) is 33.0 Å². The summed E-state index contributed by atoms with van der Waals surface area (Å²) in [4.78, 5) is 0. The molecule has 1 aliphatic carbocycles. The lowest BCUT2D eigenvalue weighted by molar-refractivity contribution is 0.110. The highest BCUT2D eigenvalue weighted by atomic mass is 35.5. The Bertz CT molecular complexity index is 1180. The van der Waals surface area contributed by atoms with Gasteiger partial charge in [0.15, 0.2) is 10.9 Å². The fraction of sp³-hybridized carbons (Fsp3) is 0.350. The SMILES string of the molecule is Clc1nn2c(-c3cc4ccccc4o3)nnc2c2c1OCC1(CCCC1)CO2. The summed E-state index contributed by atoms with van der Waals surface area (Å²) >= 11 is 6.46. The maximum Gasteiger partial charge on any atom is 0.224 e. The standard InChI is InChI=1S/C20H17ClN4O3/c21-17-15-16(27-11-20(10-26-15)7-3-4-8-20)19-23-22-18(25(19)24-17)14-9-12-5-1-2-6-13(12)28-14/h1-2,5-6,9H,3-4,7-8,10-11H2. The maximum absolute atomic E-state index is 6.46. The first-order chi connectivity index (χ1) is 13.7. The van der Waals surface area contributed by atoms with Crippen LogP contribution in [0.1, 0.15) is 25.7 Å². The molecule has 1 saturated carbocycles. The zero-order valence-corrected chi connectivity index (χ0v) is 15.8. The molecule has 3 aromatic heterocycles. The first-order valence-electron chi connectivity index (χ1n) is 9.42. The topological polar surface area (TPSA) is 74.7 Å². The molecule has 4 aromatic rings. The lowest BCUT2D eigenvalue weighted by Crippen LogP contribution is -2.30. The third kappa shape index (κ3) is 2.32. The fourth-order valence-electron chi connectivity index (χ4n) is 4.25. The highest BCUT2D eigenvalue weighted by molar-refractivity contribution is 6.31. The van der Waals surface area contributed by atoms with E-state index in [1.807, 2.05) is 30.3 Å². The second-order valence-corrected chi connectivity index (χ2v) is 8.00. The number of aromatic nitrogens is 4. The van der Waals surface area contributed by atoms with Gasteiger partial charge in [-0.15, -0.1) is 15.3 Å². The van der Waals surface area contributed by atoms with Crippen LogP contribution in [0.4, 0.5) is 0 Å². The zero-order chi connectivity index (χ0) is 18.7. The zero-order valence-electron chi connectivity index (χ0n) is 15.0. The van der Waals surface area contributed by atoms with Crippen LogP contribution in [0.2, 0.25) is 5.15 Å². The van der Waals surface area contributed by atoms with Crippen molar-refractivity contribution in [1.82, 2.24) is 19.8 Å². The van der Waals surface area contributed by atoms with E-state index in [1.54, 1.807) is 4.52 Å². The van der Waals surface area contributed by atoms with Crippen molar-refractivity contribution in [2.24, 2.45) is 5.41 Å². The van der Waals surface area contributed by atoms with Crippen molar-refractivity contribution in [3.05, 3.63) is 35.5 Å². The lowest BCUT2D eigenvalue weighted by atomic mass is 9.88. The number of furan rings is 1. The van der Waals surface area contributed by atoms with Gasteiger partial charge in [0, 0.05) is 10.8 Å². The molecule has 1 aliphatic heterocycles. The summed E-state index contributed by atoms with van der Waals surface area (Å²) in [5.74, 6) is 1.98. The molecule has 0 radical (unpaired) electrons. The number of halogens is 1. The van der Waals surface area contributed by atoms with E-state index in [0.717, 1.165) is 23.8 Å². The second kappa shape index (κ2) is 5.85. The molecule has 8 heteroatoms. The van der Waals surface area contributed by atoms with E-state index in [2.05, 4.69) is 15.3 Å². The van der Waals surface area contributed by atoms with E-state index >= 15 is 0 Å². The molecule has 1 fully saturated rings. The number of rotatable bonds is 1. The number of para-hydroxylation sites is 1. The van der Waals surface area contributed by atoms with Crippen LogP contribution in [-0.2, 0) is 0 Å². The Morgan fingerprint density at radius 3 is 2.61 bits per heavy atom. The minimum absolute atomic E-state index is 0.0426. The summed E-state index contributed by atoms with van der Waals surface area (Å²) < 4.78 is 19.7. The van der Waals surface area contributed by atoms with Crippen LogP contribution in [0.15, 0.2) is 34.7 Å². The first-order valence-corrected chi connectivity index (χ1v) is 9.80. The van der Waals surface area contributed by atoms with E-state index < -0.39 is 0 Å². The number of hydrogen-bond acceptors (Lipinski definition) is 6. The molecule has 7 nitrogen and oxygen atoms in total. The predicted molar refractivity (Wildman–Crippen MR) is 103 cm³/mol. The van der Waals surface area contributed by atoms with Crippen molar-refractivity contribution in [2.45, 2.75) is 25.7 Å². The number of hydrogen-bond donors (Lipinski definition) is 0. The molecule has 0 amide bonds. The molecule has 0 bridgehead atoms. The molecule has 2 aliphatic rings. The van der Waals surface area contributed by atoms with Gasteiger partial charge in [-0.2, -0.15) is 4.52 Å². The lowest BCUT2D eigenvalue weighted by Gasteiger charge is -2.24. The van der Waals surface area contributed by atoms with Gasteiger partial charge >= 0.3 is 0 Å². The van der Waals surface area contributed by atoms with E-state index in [1.165, 1.54) is 12.8 Å². The third-order valence-corrected chi connectivity index (χ3v) is 6.03. The van der Waals surface area contributed by atoms with Crippen molar-refractivity contribution < 1.29 is 13.9 Å². The maximum atomic E-state index is 6.46. The largest absolute Gasteiger partial charge is 0.486 e. The van der Waals surface area contributed by atoms with Crippen molar-refractivity contribution in [1.29, 1.82) is 0 Å². The highest BCUT2D eigenvalue weighted by Crippen LogP contribution is 2.46. The van der Waals surface area contributed by atoms with Gasteiger partial charge in [0.2, 0.25) is 23.0 Å². The van der Waals surface area contributed by atoms with E-state index in [9.17, 15) is 0 Å². The Morgan fingerprint density at radius 1 is 1.00 bits per heavy atom. The Hall–Kier alpha value is -2.80. The molecule has 4 heterocycles. The summed E-state index contributed by atoms with van der Waals surface area (Å²) in [7, 11) is 0. The average Bonchev–Trinajstić information content (AvgIpc) is 3.39. The fourth-order valence-corrected chi connectivity index (χ4v) is 4.47. The van der Waals surface area contributed by atoms with Crippen molar-refractivity contribution in [2.75, 3.05) is 13.2 Å². The van der Waals surface area contributed by atoms with Gasteiger partial charge in [-0.1, -0.05) is 42.6 Å². The van der Waals surface area contributed by atoms with E-state index in [4.69, 9.17) is 25.5 Å². The van der Waals surface area contributed by atoms with Gasteiger partial charge in [0.05, 0.1) is 13.2 Å². The number of nitrogens with zero attached hydrogens (tertiary/aromatic N) is 4. The molecule has 0 saturated heterocycles. The van der Waals surface area contributed by atoms with Crippen LogP contribution >= 0.6 is 11.6 Å². The van der Waals surface area contributed by atoms with Gasteiger partial charge < -0.3 is 13.9 Å². The summed E-state index contributed by atoms with van der Waals surface area (Å²) in [5.41, 5.74) is 1.30. The van der Waals surface area contributed by atoms with Crippen LogP contribution in [0.3, 0.4) is 0 Å². The van der Waals surface area contributed by atoms with Crippen LogP contribution < -0.4 is 9.47 Å². The molecule has 0 atom stereocenters. The molecular formula is C20H17ClN4O3. The Kier molecular flexibility index (Phi) is 3.38. The summed E-state index contributed by atoms with van der Waals surface area (Å²) in [6.45, 7) is 1.17. The predicted octanol–water partition coefficient (Wildman–Crippen LogP) is 4.52. The summed E-state index contributed by atoms with van der Waals surface area (Å²) in [6, 6.07) is 9.69. The molecular weight excluding hydrogens is 380 g/mol. The molecule has 6 rings (SSSR count). The molecule has 142 valence electrons. The minimum Gasteiger partial charge on any atom is -0.486 e. The van der Waals surface area contributed by atoms with E-state index in [0.29, 0.717) is 41.9 Å². The number of fused-ring (bicyclic) bond motifs is 4. The van der Waals surface area contributed by atoms with Crippen LogP contribution in [0.5, 0.6) is 11.5 Å². The van der Waals surface area contributed by atoms with Crippen molar-refractivity contribution in [3.63, 3.8) is 0 Å². The first kappa shape index (κ1) is 16.2. The molecule has 0 N–H and O–H groups in total. The van der Waals surface area contributed by atoms with Crippen LogP contribution in [0, 0.1) is 5.41 Å². The van der Waals surface area contributed by atoms with Gasteiger partial charge in [-0.3, -0.25) is 0 Å². The third-order valence-electron chi connectivity index (χ3n) is 5.78. The average molecular weight is 397 g/mol. The van der Waals surface area contributed by atoms with Gasteiger partial charge in [0.1, 0.15) is 5.58 Å². The van der Waals surface area contributed by atoms with E-state index in [-0.39, 0.29) is 10.6 Å². The molecule has 1 spiro atoms. The Balaban J connectivity index is 1.49. The Labute approximate surface area is 165 Å². The smallest absolute Gasteiger partial charge is 0.224 e. The minimum atomic E-state index is 0.0426. The molecule has 1 aromatic carbocycles. The summed E-state index contributed by atoms with van der Waals surface area (Å²) in [5, 5.41) is 14.3.